The molecule has 20 heteroatoms. The molecule has 2 aliphatic rings. The van der Waals surface area contributed by atoms with Crippen LogP contribution in [-0.4, -0.2) is 193 Å². The van der Waals surface area contributed by atoms with E-state index in [4.69, 9.17) is 57.6 Å². The molecule has 2 fully saturated rings. The Labute approximate surface area is 323 Å². The van der Waals surface area contributed by atoms with Crippen LogP contribution in [0.3, 0.4) is 0 Å². The maximum absolute atomic E-state index is 12.0. The molecule has 2 saturated heterocycles. The van der Waals surface area contributed by atoms with Crippen molar-refractivity contribution < 1.29 is 61.7 Å². The van der Waals surface area contributed by atoms with Crippen LogP contribution in [0, 0.1) is 0 Å². The fraction of sp³-hybridized carbons (Fsp3) is 0.941. The van der Waals surface area contributed by atoms with Crippen molar-refractivity contribution in [3.8, 4) is 0 Å². The standard InChI is InChI=1S/C34H64N6O13S/c35-40-37-6-8-44-10-12-46-14-16-48-18-20-50-22-24-52-26-28-53-27-25-51-23-21-49-19-17-47-15-13-45-11-9-43-7-5-36-32(41)4-2-1-3-31-33-30(29-54-31)38-34(42)39-33/h30-31,33H,1-29H2,(H,36,41)(H2,38,39,42)/t30-,31-,33-/m0/s1. The Hall–Kier alpha value is -2.04. The molecule has 3 amide bonds. The van der Waals surface area contributed by atoms with Gasteiger partial charge in [-0.25, -0.2) is 4.79 Å². The van der Waals surface area contributed by atoms with Gasteiger partial charge in [-0.15, -0.1) is 0 Å². The second-order valence-electron chi connectivity index (χ2n) is 11.9. The van der Waals surface area contributed by atoms with E-state index in [1.807, 2.05) is 11.8 Å². The summed E-state index contributed by atoms with van der Waals surface area (Å²) >= 11 is 1.90. The number of nitrogens with zero attached hydrogens (tertiary/aromatic N) is 3. The first-order chi connectivity index (χ1) is 26.7. The molecule has 19 nitrogen and oxygen atoms in total. The van der Waals surface area contributed by atoms with Crippen LogP contribution >= 0.6 is 11.8 Å². The molecule has 3 atom stereocenters. The van der Waals surface area contributed by atoms with E-state index in [2.05, 4.69) is 26.0 Å². The van der Waals surface area contributed by atoms with Crippen molar-refractivity contribution in [2.24, 2.45) is 5.11 Å². The molecule has 0 aromatic heterocycles. The molecular weight excluding hydrogens is 732 g/mol. The number of fused-ring (bicyclic) bond motifs is 1. The van der Waals surface area contributed by atoms with Crippen LogP contribution in [-0.2, 0) is 56.9 Å². The summed E-state index contributed by atoms with van der Waals surface area (Å²) in [6.07, 6.45) is 3.33. The van der Waals surface area contributed by atoms with E-state index >= 15 is 0 Å². The lowest BCUT2D eigenvalue weighted by Gasteiger charge is -2.16. The van der Waals surface area contributed by atoms with Gasteiger partial charge in [-0.05, 0) is 18.4 Å². The average Bonchev–Trinajstić information content (AvgIpc) is 3.73. The Bertz CT molecular complexity index is 960. The van der Waals surface area contributed by atoms with E-state index < -0.39 is 0 Å². The quantitative estimate of drug-likeness (QED) is 0.0261. The third-order valence-corrected chi connectivity index (χ3v) is 9.28. The molecular formula is C34H64N6O13S. The van der Waals surface area contributed by atoms with Gasteiger partial charge < -0.3 is 68.1 Å². The fourth-order valence-electron chi connectivity index (χ4n) is 5.08. The largest absolute Gasteiger partial charge is 0.379 e. The van der Waals surface area contributed by atoms with Gasteiger partial charge in [0.2, 0.25) is 5.91 Å². The van der Waals surface area contributed by atoms with E-state index in [1.54, 1.807) is 0 Å². The number of thioether (sulfide) groups is 1. The van der Waals surface area contributed by atoms with Crippen molar-refractivity contribution in [1.29, 1.82) is 0 Å². The van der Waals surface area contributed by atoms with Gasteiger partial charge in [0.25, 0.3) is 0 Å². The minimum atomic E-state index is -0.0626. The van der Waals surface area contributed by atoms with E-state index in [-0.39, 0.29) is 24.0 Å². The number of rotatable bonds is 41. The molecule has 2 rings (SSSR count). The number of nitrogens with one attached hydrogen (secondary N) is 3. The minimum Gasteiger partial charge on any atom is -0.379 e. The number of hydrogen-bond acceptors (Lipinski definition) is 15. The number of amides is 3. The Morgan fingerprint density at radius 1 is 0.630 bits per heavy atom. The fourth-order valence-corrected chi connectivity index (χ4v) is 6.62. The first-order valence-electron chi connectivity index (χ1n) is 19.0. The summed E-state index contributed by atoms with van der Waals surface area (Å²) in [6.45, 7) is 11.2. The van der Waals surface area contributed by atoms with E-state index in [0.717, 1.165) is 25.0 Å². The molecule has 54 heavy (non-hydrogen) atoms. The van der Waals surface area contributed by atoms with Gasteiger partial charge in [-0.3, -0.25) is 4.79 Å². The topological polar surface area (TPSA) is 221 Å². The summed E-state index contributed by atoms with van der Waals surface area (Å²) in [5.41, 5.74) is 8.15. The predicted octanol–water partition coefficient (Wildman–Crippen LogP) is 1.32. The number of azide groups is 1. The average molecular weight is 797 g/mol. The van der Waals surface area contributed by atoms with Gasteiger partial charge >= 0.3 is 6.03 Å². The second kappa shape index (κ2) is 36.6. The Morgan fingerprint density at radius 3 is 1.46 bits per heavy atom. The molecule has 0 bridgehead atoms. The van der Waals surface area contributed by atoms with Crippen molar-refractivity contribution in [2.75, 3.05) is 164 Å². The van der Waals surface area contributed by atoms with Crippen molar-refractivity contribution in [1.82, 2.24) is 16.0 Å². The zero-order valence-corrected chi connectivity index (χ0v) is 32.6. The van der Waals surface area contributed by atoms with Crippen molar-refractivity contribution in [2.45, 2.75) is 43.0 Å². The smallest absolute Gasteiger partial charge is 0.315 e. The number of ether oxygens (including phenoxy) is 11. The number of hydrogen-bond donors (Lipinski definition) is 3. The van der Waals surface area contributed by atoms with Gasteiger partial charge in [0.1, 0.15) is 0 Å². The highest BCUT2D eigenvalue weighted by Crippen LogP contribution is 2.33. The molecule has 3 N–H and O–H groups in total. The number of carbonyl (C=O) groups is 2. The summed E-state index contributed by atoms with van der Waals surface area (Å²) in [7, 11) is 0. The highest BCUT2D eigenvalue weighted by Gasteiger charge is 2.42. The van der Waals surface area contributed by atoms with Gasteiger partial charge in [0, 0.05) is 35.4 Å². The van der Waals surface area contributed by atoms with Gasteiger partial charge in [-0.2, -0.15) is 11.8 Å². The lowest BCUT2D eigenvalue weighted by Crippen LogP contribution is -2.36. The molecule has 0 radical (unpaired) electrons. The molecule has 0 saturated carbocycles. The van der Waals surface area contributed by atoms with Crippen LogP contribution in [0.25, 0.3) is 10.4 Å². The minimum absolute atomic E-state index is 0.0404. The highest BCUT2D eigenvalue weighted by molar-refractivity contribution is 8.00. The van der Waals surface area contributed by atoms with Gasteiger partial charge in [0.05, 0.1) is 157 Å². The van der Waals surface area contributed by atoms with Crippen LogP contribution in [0.1, 0.15) is 25.7 Å². The zero-order valence-electron chi connectivity index (χ0n) is 31.8. The van der Waals surface area contributed by atoms with Crippen LogP contribution in [0.5, 0.6) is 0 Å². The molecule has 2 heterocycles. The molecule has 0 spiro atoms. The summed E-state index contributed by atoms with van der Waals surface area (Å²) in [5.74, 6) is 0.998. The summed E-state index contributed by atoms with van der Waals surface area (Å²) < 4.78 is 59.9. The third kappa shape index (κ3) is 28.4. The Morgan fingerprint density at radius 2 is 1.04 bits per heavy atom. The monoisotopic (exact) mass is 796 g/mol. The lowest BCUT2D eigenvalue weighted by atomic mass is 10.0. The number of carbonyl (C=O) groups excluding carboxylic acids is 2. The van der Waals surface area contributed by atoms with E-state index in [1.165, 1.54) is 0 Å². The molecule has 2 aliphatic heterocycles. The number of urea groups is 1. The first-order valence-corrected chi connectivity index (χ1v) is 20.1. The van der Waals surface area contributed by atoms with E-state index in [9.17, 15) is 9.59 Å². The summed E-state index contributed by atoms with van der Waals surface area (Å²) in [5, 5.41) is 12.7. The van der Waals surface area contributed by atoms with Crippen LogP contribution in [0.2, 0.25) is 0 Å². The molecule has 0 aliphatic carbocycles. The van der Waals surface area contributed by atoms with Crippen LogP contribution < -0.4 is 16.0 Å². The number of unbranched alkanes of at least 4 members (excludes halogenated alkanes) is 1. The normalized spacial score (nSPS) is 17.6. The third-order valence-electron chi connectivity index (χ3n) is 7.77. The Balaban J connectivity index is 1.14. The van der Waals surface area contributed by atoms with Gasteiger partial charge in [0.15, 0.2) is 0 Å². The van der Waals surface area contributed by atoms with Crippen LogP contribution in [0.15, 0.2) is 5.11 Å². The maximum Gasteiger partial charge on any atom is 0.315 e. The molecule has 0 aromatic carbocycles. The lowest BCUT2D eigenvalue weighted by molar-refractivity contribution is -0.121. The SMILES string of the molecule is [N-]=[N+]=NCCOCCOCCOCCOCCOCCOCCOCCOCCOCCOCCOCCNC(=O)CCCC[C@@H]1SC[C@@H]2NC(=O)N[C@@H]21. The summed E-state index contributed by atoms with van der Waals surface area (Å²) in [4.78, 5) is 26.1. The molecule has 314 valence electrons. The Kier molecular flexibility index (Phi) is 32.6. The maximum atomic E-state index is 12.0. The highest BCUT2D eigenvalue weighted by atomic mass is 32.2. The summed E-state index contributed by atoms with van der Waals surface area (Å²) in [6, 6.07) is 0.400. The van der Waals surface area contributed by atoms with E-state index in [0.29, 0.717) is 170 Å². The first kappa shape index (κ1) is 48.1. The van der Waals surface area contributed by atoms with Crippen LogP contribution in [0.4, 0.5) is 4.79 Å². The second-order valence-corrected chi connectivity index (χ2v) is 13.2. The van der Waals surface area contributed by atoms with Gasteiger partial charge in [-0.1, -0.05) is 11.5 Å². The predicted molar refractivity (Wildman–Crippen MR) is 200 cm³/mol. The van der Waals surface area contributed by atoms with Crippen molar-refractivity contribution in [3.05, 3.63) is 10.4 Å². The molecule has 0 aromatic rings. The van der Waals surface area contributed by atoms with Crippen molar-refractivity contribution >= 4 is 23.7 Å². The van der Waals surface area contributed by atoms with Crippen molar-refractivity contribution in [3.63, 3.8) is 0 Å². The zero-order chi connectivity index (χ0) is 38.4. The molecule has 0 unspecified atom stereocenters.